The van der Waals surface area contributed by atoms with E-state index in [0.29, 0.717) is 22.6 Å². The summed E-state index contributed by atoms with van der Waals surface area (Å²) in [5.74, 6) is -1.05. The normalized spacial score (nSPS) is 17.9. The fourth-order valence-electron chi connectivity index (χ4n) is 3.46. The molecule has 0 saturated carbocycles. The lowest BCUT2D eigenvalue weighted by atomic mass is 9.95. The Morgan fingerprint density at radius 1 is 1.07 bits per heavy atom. The van der Waals surface area contributed by atoms with Crippen LogP contribution in [0.5, 0.6) is 5.75 Å². The molecule has 1 aliphatic rings. The van der Waals surface area contributed by atoms with Crippen molar-refractivity contribution in [3.05, 3.63) is 94.2 Å². The summed E-state index contributed by atoms with van der Waals surface area (Å²) in [6.07, 6.45) is 3.10. The SMILES string of the molecule is COc1ccc([C@H]2C(=C(O)c3ccc(Br)cc3)C(=O)C(=O)N2c2cccnc2)cc1. The van der Waals surface area contributed by atoms with Gasteiger partial charge in [0.1, 0.15) is 11.5 Å². The van der Waals surface area contributed by atoms with E-state index in [1.807, 2.05) is 0 Å². The summed E-state index contributed by atoms with van der Waals surface area (Å²) in [6, 6.07) is 16.5. The zero-order chi connectivity index (χ0) is 21.3. The summed E-state index contributed by atoms with van der Waals surface area (Å²) >= 11 is 3.36. The molecule has 0 unspecified atom stereocenters. The molecule has 1 amide bonds. The number of carbonyl (C=O) groups excluding carboxylic acids is 2. The number of nitrogens with zero attached hydrogens (tertiary/aromatic N) is 2. The van der Waals surface area contributed by atoms with E-state index in [-0.39, 0.29) is 11.3 Å². The number of anilines is 1. The third-order valence-corrected chi connectivity index (χ3v) is 5.45. The molecular weight excluding hydrogens is 448 g/mol. The second-order valence-electron chi connectivity index (χ2n) is 6.66. The molecule has 30 heavy (non-hydrogen) atoms. The van der Waals surface area contributed by atoms with E-state index in [0.717, 1.165) is 4.47 Å². The van der Waals surface area contributed by atoms with Crippen molar-refractivity contribution in [1.82, 2.24) is 4.98 Å². The second-order valence-corrected chi connectivity index (χ2v) is 7.58. The van der Waals surface area contributed by atoms with Gasteiger partial charge in [-0.2, -0.15) is 0 Å². The lowest BCUT2D eigenvalue weighted by Crippen LogP contribution is -2.29. The van der Waals surface area contributed by atoms with Gasteiger partial charge in [0.15, 0.2) is 0 Å². The highest BCUT2D eigenvalue weighted by molar-refractivity contribution is 9.10. The van der Waals surface area contributed by atoms with Crippen LogP contribution in [0.4, 0.5) is 5.69 Å². The number of benzene rings is 2. The maximum absolute atomic E-state index is 13.0. The van der Waals surface area contributed by atoms with Gasteiger partial charge in [0, 0.05) is 16.2 Å². The largest absolute Gasteiger partial charge is 0.507 e. The van der Waals surface area contributed by atoms with Gasteiger partial charge >= 0.3 is 0 Å². The van der Waals surface area contributed by atoms with Gasteiger partial charge in [-0.05, 0) is 42.0 Å². The number of Topliss-reactive ketones (excluding diaryl/α,β-unsaturated/α-hetero) is 1. The van der Waals surface area contributed by atoms with Crippen LogP contribution in [0, 0.1) is 0 Å². The van der Waals surface area contributed by atoms with E-state index in [4.69, 9.17) is 4.74 Å². The van der Waals surface area contributed by atoms with Crippen molar-refractivity contribution in [2.45, 2.75) is 6.04 Å². The Balaban J connectivity index is 1.92. The Bertz CT molecular complexity index is 1130. The van der Waals surface area contributed by atoms with Crippen molar-refractivity contribution in [3.8, 4) is 5.75 Å². The highest BCUT2D eigenvalue weighted by Crippen LogP contribution is 2.42. The van der Waals surface area contributed by atoms with Gasteiger partial charge in [-0.3, -0.25) is 19.5 Å². The van der Waals surface area contributed by atoms with Gasteiger partial charge in [-0.15, -0.1) is 0 Å². The number of amides is 1. The number of ketones is 1. The van der Waals surface area contributed by atoms with Crippen LogP contribution in [0.25, 0.3) is 5.76 Å². The molecule has 0 bridgehead atoms. The first-order valence-corrected chi connectivity index (χ1v) is 9.91. The predicted octanol–water partition coefficient (Wildman–Crippen LogP) is 4.48. The van der Waals surface area contributed by atoms with E-state index >= 15 is 0 Å². The van der Waals surface area contributed by atoms with Crippen molar-refractivity contribution in [2.24, 2.45) is 0 Å². The third kappa shape index (κ3) is 3.48. The average molecular weight is 465 g/mol. The summed E-state index contributed by atoms with van der Waals surface area (Å²) in [6.45, 7) is 0. The third-order valence-electron chi connectivity index (χ3n) is 4.92. The number of carbonyl (C=O) groups is 2. The number of hydrogen-bond acceptors (Lipinski definition) is 5. The number of aromatic nitrogens is 1. The first kappa shape index (κ1) is 19.8. The summed E-state index contributed by atoms with van der Waals surface area (Å²) in [4.78, 5) is 31.4. The smallest absolute Gasteiger partial charge is 0.300 e. The molecule has 1 aliphatic heterocycles. The summed E-state index contributed by atoms with van der Waals surface area (Å²) in [5, 5.41) is 11.0. The van der Waals surface area contributed by atoms with Crippen molar-refractivity contribution >= 4 is 39.1 Å². The molecule has 1 aromatic heterocycles. The zero-order valence-electron chi connectivity index (χ0n) is 15.9. The molecule has 7 heteroatoms. The van der Waals surface area contributed by atoms with Crippen molar-refractivity contribution in [3.63, 3.8) is 0 Å². The molecule has 2 aromatic carbocycles. The zero-order valence-corrected chi connectivity index (χ0v) is 17.5. The quantitative estimate of drug-likeness (QED) is 0.349. The Labute approximate surface area is 181 Å². The summed E-state index contributed by atoms with van der Waals surface area (Å²) in [7, 11) is 1.56. The van der Waals surface area contributed by atoms with Crippen LogP contribution in [0.3, 0.4) is 0 Å². The second kappa shape index (κ2) is 8.12. The van der Waals surface area contributed by atoms with Crippen LogP contribution in [0.15, 0.2) is 83.1 Å². The highest BCUT2D eigenvalue weighted by Gasteiger charge is 2.47. The maximum Gasteiger partial charge on any atom is 0.300 e. The van der Waals surface area contributed by atoms with Crippen LogP contribution in [-0.4, -0.2) is 28.9 Å². The van der Waals surface area contributed by atoms with E-state index in [2.05, 4.69) is 20.9 Å². The van der Waals surface area contributed by atoms with Gasteiger partial charge in [0.2, 0.25) is 0 Å². The number of rotatable bonds is 4. The van der Waals surface area contributed by atoms with Gasteiger partial charge in [0.25, 0.3) is 11.7 Å². The topological polar surface area (TPSA) is 79.7 Å². The molecule has 150 valence electrons. The number of methoxy groups -OCH3 is 1. The van der Waals surface area contributed by atoms with E-state index in [1.54, 1.807) is 74.0 Å². The molecule has 1 atom stereocenters. The molecule has 1 N–H and O–H groups in total. The number of halogens is 1. The molecular formula is C23H17BrN2O4. The minimum Gasteiger partial charge on any atom is -0.507 e. The van der Waals surface area contributed by atoms with Crippen LogP contribution in [-0.2, 0) is 9.59 Å². The average Bonchev–Trinajstić information content (AvgIpc) is 3.05. The lowest BCUT2D eigenvalue weighted by Gasteiger charge is -2.25. The number of pyridine rings is 1. The van der Waals surface area contributed by atoms with Crippen molar-refractivity contribution in [1.29, 1.82) is 0 Å². The Morgan fingerprint density at radius 3 is 2.37 bits per heavy atom. The molecule has 0 aliphatic carbocycles. The standard InChI is InChI=1S/C23H17BrN2O4/c1-30-18-10-6-14(7-11-18)20-19(21(27)15-4-8-16(24)9-5-15)22(28)23(29)26(20)17-3-2-12-25-13-17/h2-13,20,27H,1H3/t20-/m0/s1. The summed E-state index contributed by atoms with van der Waals surface area (Å²) in [5.41, 5.74) is 1.60. The van der Waals surface area contributed by atoms with E-state index < -0.39 is 17.7 Å². The molecule has 1 saturated heterocycles. The van der Waals surface area contributed by atoms with E-state index in [1.165, 1.54) is 11.1 Å². The van der Waals surface area contributed by atoms with Crippen molar-refractivity contribution in [2.75, 3.05) is 12.0 Å². The Kier molecular flexibility index (Phi) is 5.37. The fourth-order valence-corrected chi connectivity index (χ4v) is 3.72. The predicted molar refractivity (Wildman–Crippen MR) is 116 cm³/mol. The fraction of sp³-hybridized carbons (Fsp3) is 0.0870. The van der Waals surface area contributed by atoms with Crippen molar-refractivity contribution < 1.29 is 19.4 Å². The maximum atomic E-state index is 13.0. The van der Waals surface area contributed by atoms with Crippen LogP contribution in [0.2, 0.25) is 0 Å². The van der Waals surface area contributed by atoms with Gasteiger partial charge in [-0.25, -0.2) is 0 Å². The molecule has 0 radical (unpaired) electrons. The number of ether oxygens (including phenoxy) is 1. The van der Waals surface area contributed by atoms with Gasteiger partial charge in [-0.1, -0.05) is 40.2 Å². The number of aliphatic hydroxyl groups excluding tert-OH is 1. The minimum atomic E-state index is -0.802. The Hall–Kier alpha value is -3.45. The lowest BCUT2D eigenvalue weighted by molar-refractivity contribution is -0.132. The van der Waals surface area contributed by atoms with Gasteiger partial charge in [0.05, 0.1) is 30.6 Å². The van der Waals surface area contributed by atoms with Crippen LogP contribution < -0.4 is 9.64 Å². The molecule has 1 fully saturated rings. The monoisotopic (exact) mass is 464 g/mol. The van der Waals surface area contributed by atoms with Crippen LogP contribution >= 0.6 is 15.9 Å². The summed E-state index contributed by atoms with van der Waals surface area (Å²) < 4.78 is 6.05. The molecule has 0 spiro atoms. The van der Waals surface area contributed by atoms with E-state index in [9.17, 15) is 14.7 Å². The molecule has 3 aromatic rings. The number of hydrogen-bond donors (Lipinski definition) is 1. The molecule has 2 heterocycles. The Morgan fingerprint density at radius 2 is 1.77 bits per heavy atom. The highest BCUT2D eigenvalue weighted by atomic mass is 79.9. The van der Waals surface area contributed by atoms with Gasteiger partial charge < -0.3 is 9.84 Å². The van der Waals surface area contributed by atoms with Crippen LogP contribution in [0.1, 0.15) is 17.2 Å². The first-order chi connectivity index (χ1) is 14.5. The number of aliphatic hydroxyl groups is 1. The first-order valence-electron chi connectivity index (χ1n) is 9.12. The molecule has 4 rings (SSSR count). The molecule has 6 nitrogen and oxygen atoms in total. The minimum absolute atomic E-state index is 0.0244.